The fraction of sp³-hybridized carbons (Fsp3) is 0.706. The molecule has 0 atom stereocenters. The Morgan fingerprint density at radius 2 is 1.96 bits per heavy atom. The van der Waals surface area contributed by atoms with E-state index in [4.69, 9.17) is 11.1 Å². The Kier molecular flexibility index (Phi) is 6.41. The van der Waals surface area contributed by atoms with Crippen LogP contribution in [-0.4, -0.2) is 33.7 Å². The number of nitrogen functional groups attached to an aromatic ring is 1. The summed E-state index contributed by atoms with van der Waals surface area (Å²) in [7, 11) is 1.92. The Hall–Kier alpha value is -2.09. The van der Waals surface area contributed by atoms with Crippen molar-refractivity contribution >= 4 is 5.84 Å². The first-order valence-electron chi connectivity index (χ1n) is 8.99. The summed E-state index contributed by atoms with van der Waals surface area (Å²) in [5.41, 5.74) is 4.08. The van der Waals surface area contributed by atoms with Crippen molar-refractivity contribution in [3.63, 3.8) is 0 Å². The number of aromatic hydroxyl groups is 1. The molecule has 1 aromatic rings. The topological polar surface area (TPSA) is 126 Å². The van der Waals surface area contributed by atoms with E-state index in [0.717, 1.165) is 38.6 Å². The number of amidine groups is 1. The normalized spacial score (nSPS) is 20.6. The molecule has 1 aliphatic carbocycles. The number of nitrogens with two attached hydrogens (primary N) is 1. The van der Waals surface area contributed by atoms with Crippen molar-refractivity contribution in [1.29, 1.82) is 5.41 Å². The highest BCUT2D eigenvalue weighted by molar-refractivity contribution is 5.96. The molecule has 0 bridgehead atoms. The van der Waals surface area contributed by atoms with Crippen molar-refractivity contribution < 1.29 is 5.11 Å². The molecule has 25 heavy (non-hydrogen) atoms. The van der Waals surface area contributed by atoms with E-state index >= 15 is 0 Å². The van der Waals surface area contributed by atoms with Gasteiger partial charge in [-0.2, -0.15) is 0 Å². The van der Waals surface area contributed by atoms with Crippen molar-refractivity contribution in [3.05, 3.63) is 26.4 Å². The SMILES string of the molecule is CCCCn1c(O)c(C(=N)N)c(=O)n(C2CCC(CNC)CC2)c1=O. The summed E-state index contributed by atoms with van der Waals surface area (Å²) in [5, 5.41) is 21.1. The van der Waals surface area contributed by atoms with Gasteiger partial charge in [0.1, 0.15) is 11.4 Å². The third kappa shape index (κ3) is 3.95. The van der Waals surface area contributed by atoms with Crippen LogP contribution in [0.5, 0.6) is 5.88 Å². The second-order valence-electron chi connectivity index (χ2n) is 6.81. The minimum atomic E-state index is -0.653. The average Bonchev–Trinajstić information content (AvgIpc) is 2.56. The van der Waals surface area contributed by atoms with Crippen LogP contribution in [0, 0.1) is 11.3 Å². The van der Waals surface area contributed by atoms with E-state index in [9.17, 15) is 14.7 Å². The molecular weight excluding hydrogens is 322 g/mol. The fourth-order valence-corrected chi connectivity index (χ4v) is 3.63. The van der Waals surface area contributed by atoms with Gasteiger partial charge in [-0.1, -0.05) is 13.3 Å². The number of rotatable bonds is 7. The molecule has 8 nitrogen and oxygen atoms in total. The first-order chi connectivity index (χ1) is 11.9. The molecule has 0 unspecified atom stereocenters. The van der Waals surface area contributed by atoms with Gasteiger partial charge in [0.15, 0.2) is 0 Å². The molecule has 1 heterocycles. The van der Waals surface area contributed by atoms with Crippen LogP contribution in [0.1, 0.15) is 57.1 Å². The summed E-state index contributed by atoms with van der Waals surface area (Å²) >= 11 is 0. The van der Waals surface area contributed by atoms with E-state index in [0.29, 0.717) is 18.9 Å². The molecule has 0 saturated heterocycles. The van der Waals surface area contributed by atoms with E-state index in [1.165, 1.54) is 9.13 Å². The highest BCUT2D eigenvalue weighted by Crippen LogP contribution is 2.30. The van der Waals surface area contributed by atoms with Gasteiger partial charge >= 0.3 is 5.69 Å². The third-order valence-electron chi connectivity index (χ3n) is 5.03. The smallest absolute Gasteiger partial charge is 0.334 e. The zero-order valence-electron chi connectivity index (χ0n) is 15.0. The average molecular weight is 351 g/mol. The molecule has 5 N–H and O–H groups in total. The Labute approximate surface area is 147 Å². The van der Waals surface area contributed by atoms with Gasteiger partial charge in [-0.3, -0.25) is 19.3 Å². The minimum absolute atomic E-state index is 0.209. The lowest BCUT2D eigenvalue weighted by atomic mass is 9.86. The second-order valence-corrected chi connectivity index (χ2v) is 6.81. The van der Waals surface area contributed by atoms with Crippen LogP contribution in [0.3, 0.4) is 0 Å². The van der Waals surface area contributed by atoms with Gasteiger partial charge in [0.25, 0.3) is 5.56 Å². The van der Waals surface area contributed by atoms with E-state index in [1.807, 2.05) is 14.0 Å². The molecule has 1 saturated carbocycles. The summed E-state index contributed by atoms with van der Waals surface area (Å²) < 4.78 is 2.39. The monoisotopic (exact) mass is 351 g/mol. The summed E-state index contributed by atoms with van der Waals surface area (Å²) in [6, 6.07) is -0.209. The molecule has 0 radical (unpaired) electrons. The molecule has 2 rings (SSSR count). The van der Waals surface area contributed by atoms with Gasteiger partial charge < -0.3 is 16.2 Å². The summed E-state index contributed by atoms with van der Waals surface area (Å²) in [4.78, 5) is 25.6. The molecule has 1 aromatic heterocycles. The van der Waals surface area contributed by atoms with Crippen molar-refractivity contribution in [3.8, 4) is 5.88 Å². The van der Waals surface area contributed by atoms with Gasteiger partial charge in [-0.05, 0) is 51.6 Å². The summed E-state index contributed by atoms with van der Waals surface area (Å²) in [6.07, 6.45) is 4.87. The standard InChI is InChI=1S/C17H29N5O3/c1-3-4-9-21-15(23)13(14(18)19)16(24)22(17(21)25)12-7-5-11(6-8-12)10-20-2/h11-12,20,23H,3-10H2,1-2H3,(H3,18,19). The van der Waals surface area contributed by atoms with Crippen LogP contribution in [-0.2, 0) is 6.54 Å². The van der Waals surface area contributed by atoms with Crippen molar-refractivity contribution in [1.82, 2.24) is 14.5 Å². The highest BCUT2D eigenvalue weighted by atomic mass is 16.3. The number of hydrogen-bond donors (Lipinski definition) is 4. The Morgan fingerprint density at radius 3 is 2.48 bits per heavy atom. The Bertz CT molecular complexity index is 729. The predicted molar refractivity (Wildman–Crippen MR) is 97.5 cm³/mol. The zero-order valence-corrected chi connectivity index (χ0v) is 15.0. The van der Waals surface area contributed by atoms with Gasteiger partial charge in [0.2, 0.25) is 5.88 Å². The third-order valence-corrected chi connectivity index (χ3v) is 5.03. The van der Waals surface area contributed by atoms with Crippen LogP contribution in [0.25, 0.3) is 0 Å². The quantitative estimate of drug-likeness (QED) is 0.426. The molecule has 0 amide bonds. The Balaban J connectivity index is 2.47. The first-order valence-corrected chi connectivity index (χ1v) is 8.99. The lowest BCUT2D eigenvalue weighted by Crippen LogP contribution is -2.46. The summed E-state index contributed by atoms with van der Waals surface area (Å²) in [5.74, 6) is -0.454. The maximum absolute atomic E-state index is 12.8. The van der Waals surface area contributed by atoms with Crippen LogP contribution in [0.4, 0.5) is 0 Å². The number of nitrogens with zero attached hydrogens (tertiary/aromatic N) is 2. The Morgan fingerprint density at radius 1 is 1.32 bits per heavy atom. The van der Waals surface area contributed by atoms with Crippen molar-refractivity contribution in [2.75, 3.05) is 13.6 Å². The molecule has 140 valence electrons. The largest absolute Gasteiger partial charge is 0.494 e. The zero-order chi connectivity index (χ0) is 18.6. The number of nitrogens with one attached hydrogen (secondary N) is 2. The van der Waals surface area contributed by atoms with Gasteiger partial charge in [0.05, 0.1) is 0 Å². The molecule has 0 spiro atoms. The molecule has 8 heteroatoms. The summed E-state index contributed by atoms with van der Waals surface area (Å²) in [6.45, 7) is 3.21. The molecule has 0 aliphatic heterocycles. The number of unbranched alkanes of at least 4 members (excludes halogenated alkanes) is 1. The van der Waals surface area contributed by atoms with Crippen LogP contribution in [0.15, 0.2) is 9.59 Å². The lowest BCUT2D eigenvalue weighted by Gasteiger charge is -2.30. The van der Waals surface area contributed by atoms with Gasteiger partial charge in [-0.25, -0.2) is 4.79 Å². The van der Waals surface area contributed by atoms with Crippen molar-refractivity contribution in [2.24, 2.45) is 11.7 Å². The minimum Gasteiger partial charge on any atom is -0.494 e. The maximum Gasteiger partial charge on any atom is 0.334 e. The maximum atomic E-state index is 12.8. The van der Waals surface area contributed by atoms with E-state index < -0.39 is 23.0 Å². The van der Waals surface area contributed by atoms with Crippen LogP contribution in [0.2, 0.25) is 0 Å². The highest BCUT2D eigenvalue weighted by Gasteiger charge is 2.28. The first kappa shape index (κ1) is 19.2. The fourth-order valence-electron chi connectivity index (χ4n) is 3.63. The van der Waals surface area contributed by atoms with Gasteiger partial charge in [0, 0.05) is 12.6 Å². The van der Waals surface area contributed by atoms with Crippen LogP contribution < -0.4 is 22.3 Å². The molecule has 0 aromatic carbocycles. The number of hydrogen-bond acceptors (Lipinski definition) is 5. The van der Waals surface area contributed by atoms with Gasteiger partial charge in [-0.15, -0.1) is 0 Å². The second kappa shape index (κ2) is 8.33. The molecular formula is C17H29N5O3. The van der Waals surface area contributed by atoms with E-state index in [2.05, 4.69) is 5.32 Å². The lowest BCUT2D eigenvalue weighted by molar-refractivity contribution is 0.255. The van der Waals surface area contributed by atoms with E-state index in [-0.39, 0.29) is 11.6 Å². The van der Waals surface area contributed by atoms with Crippen molar-refractivity contribution in [2.45, 2.75) is 58.0 Å². The van der Waals surface area contributed by atoms with E-state index in [1.54, 1.807) is 0 Å². The molecule has 1 aliphatic rings. The predicted octanol–water partition coefficient (Wildman–Crippen LogP) is 0.750. The van der Waals surface area contributed by atoms with Crippen LogP contribution >= 0.6 is 0 Å². The number of aromatic nitrogens is 2. The molecule has 1 fully saturated rings.